The second-order valence-corrected chi connectivity index (χ2v) is 7.87. The number of methoxy groups -OCH3 is 1. The summed E-state index contributed by atoms with van der Waals surface area (Å²) in [6.07, 6.45) is -0.119. The molecule has 0 saturated heterocycles. The molecule has 0 N–H and O–H groups in total. The zero-order valence-corrected chi connectivity index (χ0v) is 17.8. The van der Waals surface area contributed by atoms with Crippen molar-refractivity contribution < 1.29 is 18.7 Å². The third-order valence-corrected chi connectivity index (χ3v) is 5.89. The summed E-state index contributed by atoms with van der Waals surface area (Å²) < 4.78 is 16.3. The van der Waals surface area contributed by atoms with Crippen LogP contribution >= 0.6 is 11.6 Å². The van der Waals surface area contributed by atoms with E-state index in [1.807, 2.05) is 44.2 Å². The molecule has 1 aliphatic rings. The first-order valence-corrected chi connectivity index (χ1v) is 10.0. The van der Waals surface area contributed by atoms with Gasteiger partial charge < -0.3 is 13.9 Å². The molecule has 4 rings (SSSR count). The molecule has 6 nitrogen and oxygen atoms in total. The second kappa shape index (κ2) is 8.13. The van der Waals surface area contributed by atoms with Crippen LogP contribution in [0.3, 0.4) is 0 Å². The zero-order valence-electron chi connectivity index (χ0n) is 17.1. The summed E-state index contributed by atoms with van der Waals surface area (Å²) in [6.45, 7) is 5.45. The van der Waals surface area contributed by atoms with Gasteiger partial charge in [-0.15, -0.1) is 0 Å². The highest BCUT2D eigenvalue weighted by Crippen LogP contribution is 2.36. The van der Waals surface area contributed by atoms with Crippen LogP contribution in [0.15, 0.2) is 39.5 Å². The minimum Gasteiger partial charge on any atom is -0.477 e. The molecule has 0 atom stereocenters. The molecule has 156 valence electrons. The lowest BCUT2D eigenvalue weighted by Gasteiger charge is -2.30. The predicted molar refractivity (Wildman–Crippen MR) is 114 cm³/mol. The highest BCUT2D eigenvalue weighted by atomic mass is 35.5. The van der Waals surface area contributed by atoms with Gasteiger partial charge in [0.25, 0.3) is 0 Å². The molecular formula is C23H22ClNO5. The number of hydrogen-bond acceptors (Lipinski definition) is 6. The Morgan fingerprint density at radius 3 is 2.73 bits per heavy atom. The first kappa shape index (κ1) is 20.4. The van der Waals surface area contributed by atoms with Crippen LogP contribution in [0.25, 0.3) is 11.0 Å². The van der Waals surface area contributed by atoms with Crippen LogP contribution in [-0.4, -0.2) is 24.7 Å². The third kappa shape index (κ3) is 3.68. The van der Waals surface area contributed by atoms with Gasteiger partial charge in [-0.1, -0.05) is 29.8 Å². The highest BCUT2D eigenvalue weighted by molar-refractivity contribution is 6.31. The Morgan fingerprint density at radius 1 is 1.23 bits per heavy atom. The van der Waals surface area contributed by atoms with E-state index in [9.17, 15) is 9.59 Å². The Kier molecular flexibility index (Phi) is 5.54. The van der Waals surface area contributed by atoms with Crippen molar-refractivity contribution in [3.8, 4) is 5.75 Å². The van der Waals surface area contributed by atoms with Crippen molar-refractivity contribution in [1.82, 2.24) is 4.90 Å². The summed E-state index contributed by atoms with van der Waals surface area (Å²) in [7, 11) is 1.30. The molecule has 1 aliphatic heterocycles. The number of carbonyl (C=O) groups excluding carboxylic acids is 1. The Balaban J connectivity index is 1.73. The fourth-order valence-electron chi connectivity index (χ4n) is 3.88. The molecule has 2 heterocycles. The number of ether oxygens (including phenoxy) is 2. The number of carbonyl (C=O) groups is 1. The molecule has 3 aromatic rings. The largest absolute Gasteiger partial charge is 0.477 e. The van der Waals surface area contributed by atoms with Gasteiger partial charge in [-0.3, -0.25) is 9.69 Å². The number of aryl methyl sites for hydroxylation is 2. The molecule has 1 aromatic heterocycles. The van der Waals surface area contributed by atoms with Gasteiger partial charge in [0.1, 0.15) is 18.1 Å². The molecule has 0 bridgehead atoms. The average Bonchev–Trinajstić information content (AvgIpc) is 2.73. The molecule has 0 amide bonds. The molecule has 7 heteroatoms. The van der Waals surface area contributed by atoms with E-state index >= 15 is 0 Å². The standard InChI is InChI=1S/C23H22ClNO5/c1-13-17-8-16-11-25(10-15-6-4-5-7-19(15)24)12-29-21(16)14(2)22(17)30-23(27)18(13)9-20(26)28-3/h4-8H,9-12H2,1-3H3. The summed E-state index contributed by atoms with van der Waals surface area (Å²) in [5.41, 5.74) is 3.82. The molecule has 0 unspecified atom stereocenters. The molecule has 30 heavy (non-hydrogen) atoms. The summed E-state index contributed by atoms with van der Waals surface area (Å²) in [5, 5.41) is 1.52. The Bertz CT molecular complexity index is 1200. The maximum atomic E-state index is 12.5. The quantitative estimate of drug-likeness (QED) is 0.460. The van der Waals surface area contributed by atoms with Crippen LogP contribution in [0.1, 0.15) is 27.8 Å². The maximum Gasteiger partial charge on any atom is 0.340 e. The predicted octanol–water partition coefficient (Wildman–Crippen LogP) is 4.13. The van der Waals surface area contributed by atoms with Gasteiger partial charge in [0.05, 0.1) is 19.1 Å². The van der Waals surface area contributed by atoms with E-state index in [-0.39, 0.29) is 6.42 Å². The van der Waals surface area contributed by atoms with Crippen molar-refractivity contribution in [1.29, 1.82) is 0 Å². The van der Waals surface area contributed by atoms with Crippen molar-refractivity contribution in [3.63, 3.8) is 0 Å². The van der Waals surface area contributed by atoms with Crippen LogP contribution < -0.4 is 10.4 Å². The minimum absolute atomic E-state index is 0.119. The Morgan fingerprint density at radius 2 is 2.00 bits per heavy atom. The maximum absolute atomic E-state index is 12.5. The monoisotopic (exact) mass is 427 g/mol. The van der Waals surface area contributed by atoms with E-state index in [4.69, 9.17) is 25.5 Å². The Hall–Kier alpha value is -2.83. The van der Waals surface area contributed by atoms with Gasteiger partial charge in [-0.05, 0) is 37.1 Å². The first-order valence-electron chi connectivity index (χ1n) is 9.63. The molecular weight excluding hydrogens is 406 g/mol. The first-order chi connectivity index (χ1) is 14.4. The molecule has 0 saturated carbocycles. The van der Waals surface area contributed by atoms with E-state index in [2.05, 4.69) is 4.90 Å². The highest BCUT2D eigenvalue weighted by Gasteiger charge is 2.24. The lowest BCUT2D eigenvalue weighted by Crippen LogP contribution is -2.32. The number of esters is 1. The van der Waals surface area contributed by atoms with Crippen LogP contribution in [0.2, 0.25) is 5.02 Å². The smallest absolute Gasteiger partial charge is 0.340 e. The molecule has 0 aliphatic carbocycles. The fourth-order valence-corrected chi connectivity index (χ4v) is 4.08. The number of fused-ring (bicyclic) bond motifs is 2. The number of halogens is 1. The van der Waals surface area contributed by atoms with Crippen molar-refractivity contribution in [3.05, 3.63) is 73.6 Å². The summed E-state index contributed by atoms with van der Waals surface area (Å²) in [4.78, 5) is 26.4. The van der Waals surface area contributed by atoms with Crippen LogP contribution in [-0.2, 0) is 29.0 Å². The second-order valence-electron chi connectivity index (χ2n) is 7.46. The SMILES string of the molecule is COC(=O)Cc1c(C)c2cc3c(c(C)c2oc1=O)OCN(Cc1ccccc1Cl)C3. The summed E-state index contributed by atoms with van der Waals surface area (Å²) in [6, 6.07) is 9.73. The summed E-state index contributed by atoms with van der Waals surface area (Å²) in [5.74, 6) is 0.259. The lowest BCUT2D eigenvalue weighted by molar-refractivity contribution is -0.139. The van der Waals surface area contributed by atoms with Gasteiger partial charge in [0.2, 0.25) is 0 Å². The van der Waals surface area contributed by atoms with Gasteiger partial charge in [0, 0.05) is 34.6 Å². The van der Waals surface area contributed by atoms with Gasteiger partial charge in [-0.2, -0.15) is 0 Å². The van der Waals surface area contributed by atoms with E-state index in [1.165, 1.54) is 7.11 Å². The normalized spacial score (nSPS) is 13.7. The van der Waals surface area contributed by atoms with E-state index in [0.717, 1.165) is 38.4 Å². The van der Waals surface area contributed by atoms with Crippen molar-refractivity contribution in [2.45, 2.75) is 33.4 Å². The summed E-state index contributed by atoms with van der Waals surface area (Å²) >= 11 is 6.31. The lowest BCUT2D eigenvalue weighted by atomic mass is 9.97. The van der Waals surface area contributed by atoms with Crippen molar-refractivity contribution in [2.75, 3.05) is 13.8 Å². The van der Waals surface area contributed by atoms with Gasteiger partial charge in [-0.25, -0.2) is 4.79 Å². The molecule has 0 fully saturated rings. The van der Waals surface area contributed by atoms with Crippen LogP contribution in [0, 0.1) is 13.8 Å². The third-order valence-electron chi connectivity index (χ3n) is 5.52. The van der Waals surface area contributed by atoms with E-state index in [1.54, 1.807) is 0 Å². The Labute approximate surface area is 179 Å². The number of nitrogens with zero attached hydrogens (tertiary/aromatic N) is 1. The van der Waals surface area contributed by atoms with Gasteiger partial charge in [0.15, 0.2) is 0 Å². The van der Waals surface area contributed by atoms with Crippen molar-refractivity contribution >= 4 is 28.5 Å². The number of hydrogen-bond donors (Lipinski definition) is 0. The van der Waals surface area contributed by atoms with Crippen LogP contribution in [0.5, 0.6) is 5.75 Å². The minimum atomic E-state index is -0.524. The molecule has 2 aromatic carbocycles. The van der Waals surface area contributed by atoms with E-state index < -0.39 is 11.6 Å². The van der Waals surface area contributed by atoms with Gasteiger partial charge >= 0.3 is 11.6 Å². The fraction of sp³-hybridized carbons (Fsp3) is 0.304. The number of benzene rings is 2. The topological polar surface area (TPSA) is 69.0 Å². The van der Waals surface area contributed by atoms with E-state index in [0.29, 0.717) is 31.0 Å². The number of rotatable bonds is 4. The molecule has 0 radical (unpaired) electrons. The zero-order chi connectivity index (χ0) is 21.4. The van der Waals surface area contributed by atoms with Crippen molar-refractivity contribution in [2.24, 2.45) is 0 Å². The molecule has 0 spiro atoms. The average molecular weight is 428 g/mol. The van der Waals surface area contributed by atoms with Crippen LogP contribution in [0.4, 0.5) is 0 Å².